The number of rotatable bonds is 5. The predicted molar refractivity (Wildman–Crippen MR) is 74.7 cm³/mol. The van der Waals surface area contributed by atoms with Crippen molar-refractivity contribution in [3.05, 3.63) is 30.1 Å². The van der Waals surface area contributed by atoms with Crippen molar-refractivity contribution in [2.75, 3.05) is 19.6 Å². The van der Waals surface area contributed by atoms with E-state index >= 15 is 0 Å². The summed E-state index contributed by atoms with van der Waals surface area (Å²) in [6, 6.07) is 5.54. The maximum Gasteiger partial charge on any atom is 0.237 e. The number of hydrogen-bond donors (Lipinski definition) is 2. The van der Waals surface area contributed by atoms with Crippen molar-refractivity contribution in [1.82, 2.24) is 15.2 Å². The first-order chi connectivity index (χ1) is 9.66. The molecule has 0 aliphatic carbocycles. The van der Waals surface area contributed by atoms with Crippen LogP contribution < -0.4 is 11.1 Å². The molecule has 1 fully saturated rings. The summed E-state index contributed by atoms with van der Waals surface area (Å²) in [4.78, 5) is 29.4. The van der Waals surface area contributed by atoms with E-state index in [1.165, 1.54) is 0 Å². The highest BCUT2D eigenvalue weighted by Crippen LogP contribution is 2.13. The van der Waals surface area contributed by atoms with E-state index in [0.29, 0.717) is 5.69 Å². The third kappa shape index (κ3) is 4.03. The molecular weight excluding hydrogens is 256 g/mol. The van der Waals surface area contributed by atoms with Gasteiger partial charge in [0.05, 0.1) is 13.0 Å². The molecule has 0 spiro atoms. The lowest BCUT2D eigenvalue weighted by molar-refractivity contribution is -0.137. The summed E-state index contributed by atoms with van der Waals surface area (Å²) in [5.41, 5.74) is 5.98. The number of piperidine rings is 1. The van der Waals surface area contributed by atoms with Crippen LogP contribution in [0.4, 0.5) is 0 Å². The van der Waals surface area contributed by atoms with Gasteiger partial charge >= 0.3 is 0 Å². The second-order valence-electron chi connectivity index (χ2n) is 4.97. The molecule has 20 heavy (non-hydrogen) atoms. The van der Waals surface area contributed by atoms with Gasteiger partial charge in [0.2, 0.25) is 11.8 Å². The Hall–Kier alpha value is -1.95. The second-order valence-corrected chi connectivity index (χ2v) is 4.97. The minimum absolute atomic E-state index is 0.0175. The lowest BCUT2D eigenvalue weighted by atomic mass is 10.0. The monoisotopic (exact) mass is 276 g/mol. The molecule has 1 aliphatic rings. The SMILES string of the molecule is NC(=O)CN(C(=O)Cc1ccccn1)C1CCNCC1. The summed E-state index contributed by atoms with van der Waals surface area (Å²) in [6.45, 7) is 1.70. The first-order valence-corrected chi connectivity index (χ1v) is 6.85. The van der Waals surface area contributed by atoms with Crippen LogP contribution in [0.3, 0.4) is 0 Å². The molecule has 0 aromatic carbocycles. The van der Waals surface area contributed by atoms with Gasteiger partial charge in [0.1, 0.15) is 0 Å². The Labute approximate surface area is 118 Å². The third-order valence-corrected chi connectivity index (χ3v) is 3.45. The summed E-state index contributed by atoms with van der Waals surface area (Å²) < 4.78 is 0. The quantitative estimate of drug-likeness (QED) is 0.772. The van der Waals surface area contributed by atoms with E-state index in [1.807, 2.05) is 18.2 Å². The number of carbonyl (C=O) groups is 2. The van der Waals surface area contributed by atoms with E-state index in [9.17, 15) is 9.59 Å². The van der Waals surface area contributed by atoms with Crippen molar-refractivity contribution >= 4 is 11.8 Å². The largest absolute Gasteiger partial charge is 0.368 e. The van der Waals surface area contributed by atoms with Crippen molar-refractivity contribution in [2.45, 2.75) is 25.3 Å². The second kappa shape index (κ2) is 7.00. The van der Waals surface area contributed by atoms with Crippen LogP contribution >= 0.6 is 0 Å². The normalized spacial score (nSPS) is 15.8. The lowest BCUT2D eigenvalue weighted by Crippen LogP contribution is -2.49. The molecule has 0 atom stereocenters. The van der Waals surface area contributed by atoms with Crippen LogP contribution in [0.15, 0.2) is 24.4 Å². The Morgan fingerprint density at radius 2 is 2.10 bits per heavy atom. The Morgan fingerprint density at radius 1 is 1.35 bits per heavy atom. The topological polar surface area (TPSA) is 88.3 Å². The van der Waals surface area contributed by atoms with Gasteiger partial charge < -0.3 is 16.0 Å². The van der Waals surface area contributed by atoms with Crippen LogP contribution in [0.2, 0.25) is 0 Å². The zero-order valence-electron chi connectivity index (χ0n) is 11.4. The number of aromatic nitrogens is 1. The van der Waals surface area contributed by atoms with E-state index in [-0.39, 0.29) is 24.9 Å². The van der Waals surface area contributed by atoms with Crippen LogP contribution in [0.5, 0.6) is 0 Å². The molecule has 1 aromatic rings. The van der Waals surface area contributed by atoms with Gasteiger partial charge in [0.15, 0.2) is 0 Å². The average Bonchev–Trinajstić information content (AvgIpc) is 2.46. The number of amides is 2. The highest BCUT2D eigenvalue weighted by molar-refractivity contribution is 5.85. The Balaban J connectivity index is 2.05. The minimum atomic E-state index is -0.474. The molecule has 6 nitrogen and oxygen atoms in total. The predicted octanol–water partition coefficient (Wildman–Crippen LogP) is -0.310. The number of hydrogen-bond acceptors (Lipinski definition) is 4. The Morgan fingerprint density at radius 3 is 2.70 bits per heavy atom. The van der Waals surface area contributed by atoms with Crippen LogP contribution in [-0.2, 0) is 16.0 Å². The van der Waals surface area contributed by atoms with Gasteiger partial charge in [-0.1, -0.05) is 6.07 Å². The Kier molecular flexibility index (Phi) is 5.06. The number of carbonyl (C=O) groups excluding carboxylic acids is 2. The summed E-state index contributed by atoms with van der Waals surface area (Å²) >= 11 is 0. The minimum Gasteiger partial charge on any atom is -0.368 e. The van der Waals surface area contributed by atoms with Crippen LogP contribution in [0.1, 0.15) is 18.5 Å². The zero-order valence-corrected chi connectivity index (χ0v) is 11.4. The summed E-state index contributed by atoms with van der Waals surface area (Å²) in [5.74, 6) is -0.563. The molecule has 2 amide bonds. The highest BCUT2D eigenvalue weighted by atomic mass is 16.2. The number of nitrogens with two attached hydrogens (primary N) is 1. The van der Waals surface area contributed by atoms with Crippen molar-refractivity contribution in [2.24, 2.45) is 5.73 Å². The van der Waals surface area contributed by atoms with Gasteiger partial charge in [0.25, 0.3) is 0 Å². The summed E-state index contributed by atoms with van der Waals surface area (Å²) in [6.07, 6.45) is 3.56. The maximum absolute atomic E-state index is 12.4. The van der Waals surface area contributed by atoms with Gasteiger partial charge in [-0.25, -0.2) is 0 Å². The molecule has 108 valence electrons. The number of nitrogens with zero attached hydrogens (tertiary/aromatic N) is 2. The molecule has 3 N–H and O–H groups in total. The molecule has 0 unspecified atom stereocenters. The summed E-state index contributed by atoms with van der Waals surface area (Å²) in [5, 5.41) is 3.25. The van der Waals surface area contributed by atoms with Crippen molar-refractivity contribution < 1.29 is 9.59 Å². The molecule has 1 saturated heterocycles. The van der Waals surface area contributed by atoms with Crippen molar-refractivity contribution in [3.8, 4) is 0 Å². The standard InChI is InChI=1S/C14H20N4O2/c15-13(19)10-18(12-4-7-16-8-5-12)14(20)9-11-3-1-2-6-17-11/h1-3,6,12,16H,4-5,7-10H2,(H2,15,19). The Bertz CT molecular complexity index is 458. The van der Waals surface area contributed by atoms with Crippen LogP contribution in [0, 0.1) is 0 Å². The first-order valence-electron chi connectivity index (χ1n) is 6.85. The van der Waals surface area contributed by atoms with Crippen LogP contribution in [-0.4, -0.2) is 47.4 Å². The molecule has 2 heterocycles. The number of primary amides is 1. The van der Waals surface area contributed by atoms with E-state index in [1.54, 1.807) is 11.1 Å². The fourth-order valence-corrected chi connectivity index (χ4v) is 2.47. The zero-order chi connectivity index (χ0) is 14.4. The molecule has 1 aromatic heterocycles. The average molecular weight is 276 g/mol. The van der Waals surface area contributed by atoms with E-state index < -0.39 is 5.91 Å². The van der Waals surface area contributed by atoms with Gasteiger partial charge in [0, 0.05) is 17.9 Å². The van der Waals surface area contributed by atoms with Crippen molar-refractivity contribution in [3.63, 3.8) is 0 Å². The fourth-order valence-electron chi connectivity index (χ4n) is 2.47. The van der Waals surface area contributed by atoms with Gasteiger partial charge in [-0.3, -0.25) is 14.6 Å². The number of pyridine rings is 1. The van der Waals surface area contributed by atoms with E-state index in [2.05, 4.69) is 10.3 Å². The van der Waals surface area contributed by atoms with E-state index in [0.717, 1.165) is 25.9 Å². The third-order valence-electron chi connectivity index (χ3n) is 3.45. The smallest absolute Gasteiger partial charge is 0.237 e. The fraction of sp³-hybridized carbons (Fsp3) is 0.500. The molecule has 2 rings (SSSR count). The first kappa shape index (κ1) is 14.5. The molecule has 1 aliphatic heterocycles. The molecule has 0 saturated carbocycles. The van der Waals surface area contributed by atoms with Crippen molar-refractivity contribution in [1.29, 1.82) is 0 Å². The van der Waals surface area contributed by atoms with Gasteiger partial charge in [-0.2, -0.15) is 0 Å². The highest BCUT2D eigenvalue weighted by Gasteiger charge is 2.26. The summed E-state index contributed by atoms with van der Waals surface area (Å²) in [7, 11) is 0. The van der Waals surface area contributed by atoms with E-state index in [4.69, 9.17) is 5.73 Å². The van der Waals surface area contributed by atoms with Gasteiger partial charge in [-0.15, -0.1) is 0 Å². The molecule has 0 radical (unpaired) electrons. The number of nitrogens with one attached hydrogen (secondary N) is 1. The molecule has 0 bridgehead atoms. The maximum atomic E-state index is 12.4. The van der Waals surface area contributed by atoms with Gasteiger partial charge in [-0.05, 0) is 38.1 Å². The molecule has 6 heteroatoms. The van der Waals surface area contributed by atoms with Crippen LogP contribution in [0.25, 0.3) is 0 Å². The molecular formula is C14H20N4O2. The lowest BCUT2D eigenvalue weighted by Gasteiger charge is -2.34.